The fourth-order valence-corrected chi connectivity index (χ4v) is 0.354. The Morgan fingerprint density at radius 2 is 1.33 bits per heavy atom. The molecule has 0 atom stereocenters. The molecule has 6 heavy (non-hydrogen) atoms. The Morgan fingerprint density at radius 3 is 1.33 bits per heavy atom. The van der Waals surface area contributed by atoms with Crippen LogP contribution in [0.3, 0.4) is 0 Å². The SMILES string of the molecule is CCCCC.[Ag+]. The first kappa shape index (κ1) is 9.88. The van der Waals surface area contributed by atoms with Gasteiger partial charge in [0.05, 0.1) is 0 Å². The normalized spacial score (nSPS) is 7.00. The fraction of sp³-hybridized carbons (Fsp3) is 1.00. The van der Waals surface area contributed by atoms with E-state index in [2.05, 4.69) is 13.8 Å². The van der Waals surface area contributed by atoms with E-state index in [1.165, 1.54) is 19.3 Å². The third-order valence-corrected chi connectivity index (χ3v) is 0.707. The van der Waals surface area contributed by atoms with Gasteiger partial charge in [-0.25, -0.2) is 0 Å². The predicted molar refractivity (Wildman–Crippen MR) is 25.2 cm³/mol. The first-order valence-electron chi connectivity index (χ1n) is 2.41. The Balaban J connectivity index is 0. The Labute approximate surface area is 55.8 Å². The van der Waals surface area contributed by atoms with Crippen LogP contribution in [-0.4, -0.2) is 0 Å². The van der Waals surface area contributed by atoms with Crippen molar-refractivity contribution in [2.24, 2.45) is 0 Å². The average molecular weight is 180 g/mol. The van der Waals surface area contributed by atoms with Gasteiger partial charge < -0.3 is 0 Å². The summed E-state index contributed by atoms with van der Waals surface area (Å²) in [5.74, 6) is 0. The molecule has 0 amide bonds. The van der Waals surface area contributed by atoms with Gasteiger partial charge >= 0.3 is 22.4 Å². The van der Waals surface area contributed by atoms with E-state index in [0.29, 0.717) is 0 Å². The molecule has 0 saturated heterocycles. The Morgan fingerprint density at radius 1 is 1.00 bits per heavy atom. The van der Waals surface area contributed by atoms with Crippen molar-refractivity contribution in [1.82, 2.24) is 0 Å². The van der Waals surface area contributed by atoms with Gasteiger partial charge in [0, 0.05) is 0 Å². The minimum absolute atomic E-state index is 0. The molecule has 0 unspecified atom stereocenters. The first-order chi connectivity index (χ1) is 2.41. The van der Waals surface area contributed by atoms with Crippen molar-refractivity contribution in [2.75, 3.05) is 0 Å². The molecular weight excluding hydrogens is 168 g/mol. The molecule has 0 bridgehead atoms. The Bertz CT molecular complexity index is 11.4. The minimum Gasteiger partial charge on any atom is -0.0654 e. The van der Waals surface area contributed by atoms with Crippen molar-refractivity contribution in [1.29, 1.82) is 0 Å². The summed E-state index contributed by atoms with van der Waals surface area (Å²) in [4.78, 5) is 0. The van der Waals surface area contributed by atoms with Gasteiger partial charge in [-0.2, -0.15) is 0 Å². The summed E-state index contributed by atoms with van der Waals surface area (Å²) in [5.41, 5.74) is 0. The second-order valence-corrected chi connectivity index (χ2v) is 1.35. The minimum atomic E-state index is 0. The summed E-state index contributed by atoms with van der Waals surface area (Å²) in [7, 11) is 0. The second-order valence-electron chi connectivity index (χ2n) is 1.35. The van der Waals surface area contributed by atoms with E-state index in [-0.39, 0.29) is 22.4 Å². The predicted octanol–water partition coefficient (Wildman–Crippen LogP) is 2.19. The molecule has 0 aromatic heterocycles. The van der Waals surface area contributed by atoms with Crippen LogP contribution < -0.4 is 0 Å². The van der Waals surface area contributed by atoms with E-state index >= 15 is 0 Å². The van der Waals surface area contributed by atoms with Crippen LogP contribution in [0.25, 0.3) is 0 Å². The molecule has 0 aromatic rings. The zero-order valence-corrected chi connectivity index (χ0v) is 5.91. The van der Waals surface area contributed by atoms with Gasteiger partial charge in [0.2, 0.25) is 0 Å². The molecule has 0 aliphatic carbocycles. The van der Waals surface area contributed by atoms with E-state index in [1.54, 1.807) is 0 Å². The molecule has 0 saturated carbocycles. The standard InChI is InChI=1S/C5H12.Ag/c1-3-5-4-2;/h3-5H2,1-2H3;/q;+1. The van der Waals surface area contributed by atoms with Crippen molar-refractivity contribution >= 4 is 0 Å². The molecule has 0 N–H and O–H groups in total. The van der Waals surface area contributed by atoms with Gasteiger partial charge in [-0.3, -0.25) is 0 Å². The fourth-order valence-electron chi connectivity index (χ4n) is 0.354. The van der Waals surface area contributed by atoms with Crippen LogP contribution in [0.5, 0.6) is 0 Å². The largest absolute Gasteiger partial charge is 1.00 e. The van der Waals surface area contributed by atoms with Crippen LogP contribution in [0.1, 0.15) is 33.1 Å². The Kier molecular flexibility index (Phi) is 15.2. The van der Waals surface area contributed by atoms with Crippen LogP contribution in [0, 0.1) is 0 Å². The van der Waals surface area contributed by atoms with Crippen molar-refractivity contribution in [3.8, 4) is 0 Å². The maximum Gasteiger partial charge on any atom is 1.00 e. The van der Waals surface area contributed by atoms with E-state index in [9.17, 15) is 0 Å². The summed E-state index contributed by atoms with van der Waals surface area (Å²) < 4.78 is 0. The topological polar surface area (TPSA) is 0 Å². The Hall–Kier alpha value is 0.740. The number of hydrogen-bond donors (Lipinski definition) is 0. The van der Waals surface area contributed by atoms with Gasteiger partial charge in [-0.05, 0) is 0 Å². The molecule has 0 rings (SSSR count). The molecule has 0 nitrogen and oxygen atoms in total. The number of rotatable bonds is 2. The van der Waals surface area contributed by atoms with Crippen LogP contribution in [-0.2, 0) is 22.4 Å². The van der Waals surface area contributed by atoms with Crippen LogP contribution in [0.15, 0.2) is 0 Å². The summed E-state index contributed by atoms with van der Waals surface area (Å²) in [6.07, 6.45) is 4.08. The summed E-state index contributed by atoms with van der Waals surface area (Å²) in [6, 6.07) is 0. The van der Waals surface area contributed by atoms with Crippen molar-refractivity contribution < 1.29 is 22.4 Å². The van der Waals surface area contributed by atoms with Crippen molar-refractivity contribution in [3.05, 3.63) is 0 Å². The zero-order chi connectivity index (χ0) is 4.12. The quantitative estimate of drug-likeness (QED) is 0.571. The second kappa shape index (κ2) is 9.22. The summed E-state index contributed by atoms with van der Waals surface area (Å²) in [6.45, 7) is 4.42. The number of unbranched alkanes of at least 4 members (excludes halogenated alkanes) is 2. The monoisotopic (exact) mass is 179 g/mol. The molecule has 0 aliphatic rings. The molecule has 0 spiro atoms. The smallest absolute Gasteiger partial charge is 0.0654 e. The molecule has 42 valence electrons. The van der Waals surface area contributed by atoms with Crippen LogP contribution in [0.4, 0.5) is 0 Å². The average Bonchev–Trinajstić information content (AvgIpc) is 1.41. The van der Waals surface area contributed by atoms with Gasteiger partial charge in [0.15, 0.2) is 0 Å². The van der Waals surface area contributed by atoms with E-state index in [0.717, 1.165) is 0 Å². The van der Waals surface area contributed by atoms with Gasteiger partial charge in [-0.1, -0.05) is 33.1 Å². The van der Waals surface area contributed by atoms with E-state index in [4.69, 9.17) is 0 Å². The summed E-state index contributed by atoms with van der Waals surface area (Å²) in [5, 5.41) is 0. The third kappa shape index (κ3) is 8.83. The molecular formula is C5H12Ag+. The van der Waals surface area contributed by atoms with Crippen molar-refractivity contribution in [3.63, 3.8) is 0 Å². The van der Waals surface area contributed by atoms with E-state index < -0.39 is 0 Å². The third-order valence-electron chi connectivity index (χ3n) is 0.707. The molecule has 0 aliphatic heterocycles. The van der Waals surface area contributed by atoms with Crippen LogP contribution >= 0.6 is 0 Å². The molecule has 0 radical (unpaired) electrons. The zero-order valence-electron chi connectivity index (χ0n) is 4.42. The van der Waals surface area contributed by atoms with Crippen LogP contribution in [0.2, 0.25) is 0 Å². The summed E-state index contributed by atoms with van der Waals surface area (Å²) >= 11 is 0. The maximum absolute atomic E-state index is 2.21. The van der Waals surface area contributed by atoms with Gasteiger partial charge in [-0.15, -0.1) is 0 Å². The van der Waals surface area contributed by atoms with Gasteiger partial charge in [0.1, 0.15) is 0 Å². The molecule has 0 aromatic carbocycles. The molecule has 0 fully saturated rings. The number of hydrogen-bond acceptors (Lipinski definition) is 0. The molecule has 0 heterocycles. The molecule has 1 heteroatoms. The van der Waals surface area contributed by atoms with Gasteiger partial charge in [0.25, 0.3) is 0 Å². The maximum atomic E-state index is 2.21. The van der Waals surface area contributed by atoms with Crippen molar-refractivity contribution in [2.45, 2.75) is 33.1 Å². The first-order valence-corrected chi connectivity index (χ1v) is 2.41. The van der Waals surface area contributed by atoms with E-state index in [1.807, 2.05) is 0 Å².